The van der Waals surface area contributed by atoms with Gasteiger partial charge in [0.25, 0.3) is 0 Å². The smallest absolute Gasteiger partial charge is 0.156 e. The summed E-state index contributed by atoms with van der Waals surface area (Å²) in [5.41, 5.74) is 1.26. The van der Waals surface area contributed by atoms with E-state index in [1.54, 1.807) is 30.6 Å². The van der Waals surface area contributed by atoms with Crippen LogP contribution in [0.5, 0.6) is 11.5 Å². The number of benzene rings is 2. The average molecular weight is 448 g/mol. The third-order valence-electron chi connectivity index (χ3n) is 3.39. The molecule has 4 nitrogen and oxygen atoms in total. The first-order valence-corrected chi connectivity index (χ1v) is 8.61. The van der Waals surface area contributed by atoms with Crippen LogP contribution < -0.4 is 0 Å². The Hall–Kier alpha value is -2.18. The molecule has 4 rings (SSSR count). The number of hydrogen-bond donors (Lipinski definition) is 2. The first-order valence-electron chi connectivity index (χ1n) is 7.02. The summed E-state index contributed by atoms with van der Waals surface area (Å²) in [4.78, 5) is 8.12. The van der Waals surface area contributed by atoms with Crippen LogP contribution in [0.1, 0.15) is 0 Å². The minimum absolute atomic E-state index is 0.202. The predicted octanol–water partition coefficient (Wildman–Crippen LogP) is 5.41. The van der Waals surface area contributed by atoms with Gasteiger partial charge in [0.05, 0.1) is 4.47 Å². The second-order valence-electron chi connectivity index (χ2n) is 4.94. The third-order valence-corrected chi connectivity index (χ3v) is 4.73. The number of rotatable bonds is 0. The fourth-order valence-corrected chi connectivity index (χ4v) is 3.00. The Kier molecular flexibility index (Phi) is 4.97. The fraction of sp³-hybridized carbons (Fsp3) is 0. The SMILES string of the molecule is Oc1c(Br)ccc2cccnc12.Oc1ccc(Br)c2cccnc12. The molecule has 120 valence electrons. The first kappa shape index (κ1) is 16.7. The minimum atomic E-state index is 0.202. The molecule has 2 heterocycles. The summed E-state index contributed by atoms with van der Waals surface area (Å²) < 4.78 is 1.62. The fourth-order valence-electron chi connectivity index (χ4n) is 2.23. The summed E-state index contributed by atoms with van der Waals surface area (Å²) >= 11 is 6.61. The number of phenols is 2. The molecule has 6 heteroatoms. The number of phenolic OH excluding ortho intramolecular Hbond substituents is 2. The maximum Gasteiger partial charge on any atom is 0.156 e. The van der Waals surface area contributed by atoms with E-state index in [-0.39, 0.29) is 11.5 Å². The molecular formula is C18H12Br2N2O2. The molecular weight excluding hydrogens is 436 g/mol. The standard InChI is InChI=1S/2C9H6BrNO/c10-7-3-4-8(12)9-6(7)2-1-5-11-9;10-7-4-3-6-2-1-5-11-8(6)9(7)12/h2*1-5,12H. The molecule has 0 aliphatic carbocycles. The second-order valence-corrected chi connectivity index (χ2v) is 6.65. The minimum Gasteiger partial charge on any atom is -0.506 e. The molecule has 0 atom stereocenters. The van der Waals surface area contributed by atoms with Gasteiger partial charge in [-0.05, 0) is 46.3 Å². The summed E-state index contributed by atoms with van der Waals surface area (Å²) in [6, 6.07) is 14.6. The van der Waals surface area contributed by atoms with Gasteiger partial charge in [0.1, 0.15) is 16.8 Å². The third kappa shape index (κ3) is 3.34. The molecule has 0 unspecified atom stereocenters. The van der Waals surface area contributed by atoms with E-state index in [1.165, 1.54) is 0 Å². The number of pyridine rings is 2. The van der Waals surface area contributed by atoms with Gasteiger partial charge in [-0.15, -0.1) is 0 Å². The highest BCUT2D eigenvalue weighted by Gasteiger charge is 2.03. The molecule has 2 N–H and O–H groups in total. The molecule has 0 saturated heterocycles. The van der Waals surface area contributed by atoms with Crippen molar-refractivity contribution in [3.05, 3.63) is 69.9 Å². The number of nitrogens with zero attached hydrogens (tertiary/aromatic N) is 2. The van der Waals surface area contributed by atoms with Gasteiger partial charge in [0.15, 0.2) is 5.75 Å². The van der Waals surface area contributed by atoms with E-state index in [2.05, 4.69) is 41.8 Å². The molecule has 0 saturated carbocycles. The number of hydrogen-bond acceptors (Lipinski definition) is 4. The summed E-state index contributed by atoms with van der Waals surface area (Å²) in [6.45, 7) is 0. The highest BCUT2D eigenvalue weighted by Crippen LogP contribution is 2.30. The van der Waals surface area contributed by atoms with Crippen molar-refractivity contribution in [1.82, 2.24) is 9.97 Å². The Morgan fingerprint density at radius 3 is 2.12 bits per heavy atom. The van der Waals surface area contributed by atoms with Crippen LogP contribution in [0.2, 0.25) is 0 Å². The first-order chi connectivity index (χ1) is 11.6. The number of aromatic hydroxyl groups is 2. The van der Waals surface area contributed by atoms with E-state index < -0.39 is 0 Å². The zero-order chi connectivity index (χ0) is 17.1. The molecule has 4 aromatic rings. The van der Waals surface area contributed by atoms with Gasteiger partial charge in [0, 0.05) is 27.6 Å². The monoisotopic (exact) mass is 446 g/mol. The number of halogens is 2. The predicted molar refractivity (Wildman–Crippen MR) is 102 cm³/mol. The van der Waals surface area contributed by atoms with Gasteiger partial charge in [-0.2, -0.15) is 0 Å². The van der Waals surface area contributed by atoms with E-state index in [0.29, 0.717) is 15.5 Å². The zero-order valence-electron chi connectivity index (χ0n) is 12.3. The Labute approximate surface area is 155 Å². The van der Waals surface area contributed by atoms with E-state index >= 15 is 0 Å². The lowest BCUT2D eigenvalue weighted by Crippen LogP contribution is -1.79. The Morgan fingerprint density at radius 1 is 0.708 bits per heavy atom. The van der Waals surface area contributed by atoms with Crippen molar-refractivity contribution in [3.8, 4) is 11.5 Å². The van der Waals surface area contributed by atoms with Crippen LogP contribution in [0, 0.1) is 0 Å². The summed E-state index contributed by atoms with van der Waals surface area (Å²) in [6.07, 6.45) is 3.32. The van der Waals surface area contributed by atoms with Crippen molar-refractivity contribution >= 4 is 53.7 Å². The molecule has 2 aromatic carbocycles. The molecule has 0 spiro atoms. The Balaban J connectivity index is 0.000000141. The highest BCUT2D eigenvalue weighted by molar-refractivity contribution is 9.11. The Morgan fingerprint density at radius 2 is 1.38 bits per heavy atom. The topological polar surface area (TPSA) is 66.2 Å². The van der Waals surface area contributed by atoms with Crippen LogP contribution in [0.4, 0.5) is 0 Å². The van der Waals surface area contributed by atoms with Crippen LogP contribution in [0.15, 0.2) is 69.9 Å². The molecule has 0 radical (unpaired) electrons. The molecule has 2 aromatic heterocycles. The van der Waals surface area contributed by atoms with Crippen molar-refractivity contribution in [2.75, 3.05) is 0 Å². The van der Waals surface area contributed by atoms with Crippen LogP contribution in [0.3, 0.4) is 0 Å². The largest absolute Gasteiger partial charge is 0.506 e. The van der Waals surface area contributed by atoms with Crippen molar-refractivity contribution in [2.45, 2.75) is 0 Å². The van der Waals surface area contributed by atoms with Crippen LogP contribution in [-0.2, 0) is 0 Å². The lowest BCUT2D eigenvalue weighted by Gasteiger charge is -2.00. The van der Waals surface area contributed by atoms with Gasteiger partial charge >= 0.3 is 0 Å². The normalized spacial score (nSPS) is 10.4. The molecule has 0 fully saturated rings. The molecule has 0 aliphatic heterocycles. The van der Waals surface area contributed by atoms with Crippen LogP contribution in [-0.4, -0.2) is 20.2 Å². The number of fused-ring (bicyclic) bond motifs is 2. The van der Waals surface area contributed by atoms with E-state index in [9.17, 15) is 10.2 Å². The van der Waals surface area contributed by atoms with Crippen molar-refractivity contribution < 1.29 is 10.2 Å². The van der Waals surface area contributed by atoms with E-state index in [0.717, 1.165) is 15.2 Å². The summed E-state index contributed by atoms with van der Waals surface area (Å²) in [5, 5.41) is 20.8. The van der Waals surface area contributed by atoms with Crippen molar-refractivity contribution in [1.29, 1.82) is 0 Å². The van der Waals surface area contributed by atoms with Crippen molar-refractivity contribution in [3.63, 3.8) is 0 Å². The quantitative estimate of drug-likeness (QED) is 0.378. The van der Waals surface area contributed by atoms with E-state index in [4.69, 9.17) is 0 Å². The summed E-state index contributed by atoms with van der Waals surface area (Å²) in [7, 11) is 0. The van der Waals surface area contributed by atoms with Crippen LogP contribution in [0.25, 0.3) is 21.8 Å². The van der Waals surface area contributed by atoms with E-state index in [1.807, 2.05) is 30.3 Å². The highest BCUT2D eigenvalue weighted by atomic mass is 79.9. The van der Waals surface area contributed by atoms with Crippen LogP contribution >= 0.6 is 31.9 Å². The summed E-state index contributed by atoms with van der Waals surface area (Å²) in [5.74, 6) is 0.418. The maximum absolute atomic E-state index is 9.55. The van der Waals surface area contributed by atoms with Gasteiger partial charge in [-0.25, -0.2) is 0 Å². The zero-order valence-corrected chi connectivity index (χ0v) is 15.5. The lowest BCUT2D eigenvalue weighted by atomic mass is 10.2. The molecule has 0 aliphatic rings. The molecule has 0 bridgehead atoms. The molecule has 24 heavy (non-hydrogen) atoms. The maximum atomic E-state index is 9.55. The number of aromatic nitrogens is 2. The second kappa shape index (κ2) is 7.15. The van der Waals surface area contributed by atoms with Gasteiger partial charge in [-0.1, -0.05) is 34.1 Å². The molecule has 0 amide bonds. The van der Waals surface area contributed by atoms with Gasteiger partial charge < -0.3 is 10.2 Å². The Bertz CT molecular complexity index is 973. The lowest BCUT2D eigenvalue weighted by molar-refractivity contribution is 0.477. The van der Waals surface area contributed by atoms with Crippen molar-refractivity contribution in [2.24, 2.45) is 0 Å². The van der Waals surface area contributed by atoms with Gasteiger partial charge in [0.2, 0.25) is 0 Å². The van der Waals surface area contributed by atoms with Gasteiger partial charge in [-0.3, -0.25) is 9.97 Å². The average Bonchev–Trinajstić information content (AvgIpc) is 2.62.